The van der Waals surface area contributed by atoms with E-state index in [4.69, 9.17) is 0 Å². The van der Waals surface area contributed by atoms with Gasteiger partial charge < -0.3 is 5.11 Å². The number of anilines is 2. The van der Waals surface area contributed by atoms with Crippen molar-refractivity contribution >= 4 is 33.4 Å². The fourth-order valence-corrected chi connectivity index (χ4v) is 2.02. The predicted molar refractivity (Wildman–Crippen MR) is 70.7 cm³/mol. The Morgan fingerprint density at radius 1 is 1.00 bits per heavy atom. The highest BCUT2D eigenvalue weighted by Crippen LogP contribution is 2.31. The van der Waals surface area contributed by atoms with E-state index in [0.29, 0.717) is 11.4 Å². The lowest BCUT2D eigenvalue weighted by Crippen LogP contribution is -2.23. The van der Waals surface area contributed by atoms with Crippen LogP contribution in [0.5, 0.6) is 0 Å². The van der Waals surface area contributed by atoms with Crippen molar-refractivity contribution in [3.8, 4) is 0 Å². The monoisotopic (exact) mass is 291 g/mol. The molecule has 4 heteroatoms. The first-order chi connectivity index (χ1) is 8.20. The number of amides is 1. The zero-order chi connectivity index (χ0) is 12.3. The molecule has 0 aliphatic heterocycles. The van der Waals surface area contributed by atoms with Crippen LogP contribution in [0, 0.1) is 0 Å². The Balaban J connectivity index is 2.51. The summed E-state index contributed by atoms with van der Waals surface area (Å²) in [6.45, 7) is 0. The Morgan fingerprint density at radius 3 is 2.18 bits per heavy atom. The maximum absolute atomic E-state index is 11.4. The minimum absolute atomic E-state index is 0.603. The zero-order valence-electron chi connectivity index (χ0n) is 8.88. The molecule has 0 aliphatic carbocycles. The number of nitrogens with zero attached hydrogens (tertiary/aromatic N) is 1. The average molecular weight is 292 g/mol. The summed E-state index contributed by atoms with van der Waals surface area (Å²) in [5.74, 6) is 0. The van der Waals surface area contributed by atoms with Crippen LogP contribution < -0.4 is 4.90 Å². The number of rotatable bonds is 2. The molecule has 0 saturated carbocycles. The number of hydrogen-bond donors (Lipinski definition) is 1. The zero-order valence-corrected chi connectivity index (χ0v) is 10.5. The second-order valence-corrected chi connectivity index (χ2v) is 4.26. The molecule has 3 nitrogen and oxygen atoms in total. The molecule has 0 fully saturated rings. The van der Waals surface area contributed by atoms with Crippen molar-refractivity contribution < 1.29 is 9.90 Å². The molecule has 17 heavy (non-hydrogen) atoms. The maximum Gasteiger partial charge on any atom is 0.416 e. The Labute approximate surface area is 107 Å². The van der Waals surface area contributed by atoms with E-state index in [1.165, 1.54) is 4.90 Å². The SMILES string of the molecule is O=C(O)N(c1ccccc1)c1ccccc1Br. The molecule has 0 saturated heterocycles. The van der Waals surface area contributed by atoms with Gasteiger partial charge >= 0.3 is 6.09 Å². The van der Waals surface area contributed by atoms with E-state index in [1.54, 1.807) is 24.3 Å². The molecular weight excluding hydrogens is 282 g/mol. The topological polar surface area (TPSA) is 40.5 Å². The molecule has 0 bridgehead atoms. The van der Waals surface area contributed by atoms with Gasteiger partial charge in [-0.2, -0.15) is 0 Å². The van der Waals surface area contributed by atoms with Crippen LogP contribution in [0.25, 0.3) is 0 Å². The molecule has 0 spiro atoms. The fourth-order valence-electron chi connectivity index (χ4n) is 1.56. The van der Waals surface area contributed by atoms with Crippen LogP contribution in [-0.2, 0) is 0 Å². The number of halogens is 1. The molecule has 0 heterocycles. The maximum atomic E-state index is 11.4. The van der Waals surface area contributed by atoms with Crippen molar-refractivity contribution in [2.24, 2.45) is 0 Å². The van der Waals surface area contributed by atoms with Crippen molar-refractivity contribution in [3.05, 3.63) is 59.1 Å². The molecule has 0 aromatic heterocycles. The quantitative estimate of drug-likeness (QED) is 0.898. The molecular formula is C13H10BrNO2. The number of carbonyl (C=O) groups is 1. The van der Waals surface area contributed by atoms with Crippen molar-refractivity contribution in [2.75, 3.05) is 4.90 Å². The van der Waals surface area contributed by atoms with E-state index in [9.17, 15) is 9.90 Å². The van der Waals surface area contributed by atoms with Crippen LogP contribution >= 0.6 is 15.9 Å². The van der Waals surface area contributed by atoms with Gasteiger partial charge in [0, 0.05) is 4.47 Å². The molecule has 0 aliphatic rings. The molecule has 0 atom stereocenters. The highest BCUT2D eigenvalue weighted by molar-refractivity contribution is 9.10. The molecule has 0 radical (unpaired) electrons. The van der Waals surface area contributed by atoms with Crippen molar-refractivity contribution in [2.45, 2.75) is 0 Å². The third-order valence-electron chi connectivity index (χ3n) is 2.30. The van der Waals surface area contributed by atoms with Crippen molar-refractivity contribution in [3.63, 3.8) is 0 Å². The lowest BCUT2D eigenvalue weighted by molar-refractivity contribution is 0.205. The summed E-state index contributed by atoms with van der Waals surface area (Å²) in [7, 11) is 0. The largest absolute Gasteiger partial charge is 0.464 e. The van der Waals surface area contributed by atoms with Gasteiger partial charge in [0.15, 0.2) is 0 Å². The Morgan fingerprint density at radius 2 is 1.59 bits per heavy atom. The standard InChI is InChI=1S/C13H10BrNO2/c14-11-8-4-5-9-12(11)15(13(16)17)10-6-2-1-3-7-10/h1-9H,(H,16,17). The Hall–Kier alpha value is -1.81. The van der Waals surface area contributed by atoms with E-state index in [-0.39, 0.29) is 0 Å². The highest BCUT2D eigenvalue weighted by Gasteiger charge is 2.18. The summed E-state index contributed by atoms with van der Waals surface area (Å²) < 4.78 is 0.742. The Kier molecular flexibility index (Phi) is 3.44. The Bertz CT molecular complexity index is 528. The molecule has 0 unspecified atom stereocenters. The van der Waals surface area contributed by atoms with Gasteiger partial charge in [0.1, 0.15) is 0 Å². The van der Waals surface area contributed by atoms with Crippen LogP contribution in [0.15, 0.2) is 59.1 Å². The molecule has 1 amide bonds. The minimum atomic E-state index is -1.01. The molecule has 1 N–H and O–H groups in total. The summed E-state index contributed by atoms with van der Waals surface area (Å²) in [6.07, 6.45) is -1.01. The van der Waals surface area contributed by atoms with Gasteiger partial charge in [-0.15, -0.1) is 0 Å². The number of para-hydroxylation sites is 2. The first kappa shape index (κ1) is 11.7. The van der Waals surface area contributed by atoms with Gasteiger partial charge in [-0.05, 0) is 40.2 Å². The van der Waals surface area contributed by atoms with Crippen molar-refractivity contribution in [1.29, 1.82) is 0 Å². The van der Waals surface area contributed by atoms with Crippen LogP contribution in [0.3, 0.4) is 0 Å². The van der Waals surface area contributed by atoms with E-state index in [1.807, 2.05) is 30.3 Å². The minimum Gasteiger partial charge on any atom is -0.464 e. The first-order valence-electron chi connectivity index (χ1n) is 5.03. The molecule has 86 valence electrons. The fraction of sp³-hybridized carbons (Fsp3) is 0. The summed E-state index contributed by atoms with van der Waals surface area (Å²) in [4.78, 5) is 12.6. The molecule has 2 rings (SSSR count). The lowest BCUT2D eigenvalue weighted by Gasteiger charge is -2.20. The van der Waals surface area contributed by atoms with Gasteiger partial charge in [0.2, 0.25) is 0 Å². The van der Waals surface area contributed by atoms with Crippen molar-refractivity contribution in [1.82, 2.24) is 0 Å². The van der Waals surface area contributed by atoms with Gasteiger partial charge in [0.25, 0.3) is 0 Å². The summed E-state index contributed by atoms with van der Waals surface area (Å²) >= 11 is 3.36. The van der Waals surface area contributed by atoms with E-state index < -0.39 is 6.09 Å². The van der Waals surface area contributed by atoms with Gasteiger partial charge in [-0.25, -0.2) is 9.69 Å². The number of hydrogen-bond acceptors (Lipinski definition) is 1. The summed E-state index contributed by atoms with van der Waals surface area (Å²) in [5.41, 5.74) is 1.22. The van der Waals surface area contributed by atoms with Gasteiger partial charge in [-0.3, -0.25) is 0 Å². The smallest absolute Gasteiger partial charge is 0.416 e. The normalized spacial score (nSPS) is 9.94. The lowest BCUT2D eigenvalue weighted by atomic mass is 10.2. The molecule has 2 aromatic carbocycles. The second kappa shape index (κ2) is 5.01. The third-order valence-corrected chi connectivity index (χ3v) is 2.97. The van der Waals surface area contributed by atoms with Crippen LogP contribution in [0.4, 0.5) is 16.2 Å². The van der Waals surface area contributed by atoms with E-state index in [0.717, 1.165) is 4.47 Å². The summed E-state index contributed by atoms with van der Waals surface area (Å²) in [6, 6.07) is 16.2. The second-order valence-electron chi connectivity index (χ2n) is 3.40. The first-order valence-corrected chi connectivity index (χ1v) is 5.82. The average Bonchev–Trinajstić information content (AvgIpc) is 2.33. The van der Waals surface area contributed by atoms with E-state index >= 15 is 0 Å². The molecule has 2 aromatic rings. The van der Waals surface area contributed by atoms with Crippen LogP contribution in [0.1, 0.15) is 0 Å². The summed E-state index contributed by atoms with van der Waals surface area (Å²) in [5, 5.41) is 9.31. The van der Waals surface area contributed by atoms with Crippen LogP contribution in [-0.4, -0.2) is 11.2 Å². The number of carboxylic acid groups (broad SMARTS) is 1. The van der Waals surface area contributed by atoms with Gasteiger partial charge in [0.05, 0.1) is 11.4 Å². The number of benzene rings is 2. The van der Waals surface area contributed by atoms with E-state index in [2.05, 4.69) is 15.9 Å². The third kappa shape index (κ3) is 2.47. The predicted octanol–water partition coefficient (Wildman–Crippen LogP) is 4.27. The van der Waals surface area contributed by atoms with Crippen LogP contribution in [0.2, 0.25) is 0 Å². The van der Waals surface area contributed by atoms with Gasteiger partial charge in [-0.1, -0.05) is 30.3 Å². The highest BCUT2D eigenvalue weighted by atomic mass is 79.9.